The molecule has 80 valence electrons. The Morgan fingerprint density at radius 1 is 1.50 bits per heavy atom. The number of carbonyl (C=O) groups is 1. The van der Waals surface area contributed by atoms with Crippen molar-refractivity contribution in [3.63, 3.8) is 0 Å². The number of hydrogen-bond donors (Lipinski definition) is 2. The van der Waals surface area contributed by atoms with Crippen LogP contribution in [0.2, 0.25) is 0 Å². The highest BCUT2D eigenvalue weighted by atomic mass is 19.4. The lowest BCUT2D eigenvalue weighted by Gasteiger charge is -2.12. The molecule has 0 rings (SSSR count). The minimum Gasteiger partial charge on any atom is -0.378 e. The van der Waals surface area contributed by atoms with Crippen molar-refractivity contribution in [1.29, 1.82) is 0 Å². The van der Waals surface area contributed by atoms with Gasteiger partial charge in [-0.15, -0.1) is 0 Å². The molecule has 0 saturated heterocycles. The van der Waals surface area contributed by atoms with Gasteiger partial charge in [-0.1, -0.05) is 6.58 Å². The Labute approximate surface area is 79.7 Å². The van der Waals surface area contributed by atoms with Gasteiger partial charge in [0.1, 0.15) is 6.54 Å². The summed E-state index contributed by atoms with van der Waals surface area (Å²) in [4.78, 5) is 10.0. The molecule has 0 aromatic rings. The van der Waals surface area contributed by atoms with E-state index in [0.29, 0.717) is 6.41 Å². The topological polar surface area (TPSA) is 41.1 Å². The Bertz CT molecular complexity index is 245. The molecule has 6 heteroatoms. The molecule has 0 aromatic heterocycles. The first-order valence-corrected chi connectivity index (χ1v) is 3.75. The van der Waals surface area contributed by atoms with Crippen LogP contribution in [0.15, 0.2) is 24.0 Å². The second-order valence-electron chi connectivity index (χ2n) is 2.47. The molecule has 0 saturated carbocycles. The fraction of sp³-hybridized carbons (Fsp3) is 0.375. The second-order valence-corrected chi connectivity index (χ2v) is 2.47. The van der Waals surface area contributed by atoms with E-state index in [9.17, 15) is 18.0 Å². The normalized spacial score (nSPS) is 12.9. The third-order valence-corrected chi connectivity index (χ3v) is 1.38. The lowest BCUT2D eigenvalue weighted by molar-refractivity contribution is -0.123. The Morgan fingerprint density at radius 2 is 2.07 bits per heavy atom. The number of alkyl halides is 3. The molecule has 0 fully saturated rings. The first-order valence-electron chi connectivity index (χ1n) is 3.75. The molecule has 0 spiro atoms. The van der Waals surface area contributed by atoms with Gasteiger partial charge in [0, 0.05) is 5.70 Å². The van der Waals surface area contributed by atoms with E-state index in [4.69, 9.17) is 0 Å². The summed E-state index contributed by atoms with van der Waals surface area (Å²) in [6.07, 6.45) is -2.66. The highest BCUT2D eigenvalue weighted by molar-refractivity contribution is 5.52. The Morgan fingerprint density at radius 3 is 2.43 bits per heavy atom. The number of allylic oxidation sites excluding steroid dienone is 2. The monoisotopic (exact) mass is 208 g/mol. The van der Waals surface area contributed by atoms with Gasteiger partial charge in [-0.05, 0) is 13.0 Å². The van der Waals surface area contributed by atoms with Crippen molar-refractivity contribution < 1.29 is 18.0 Å². The summed E-state index contributed by atoms with van der Waals surface area (Å²) in [6, 6.07) is 0. The van der Waals surface area contributed by atoms with Crippen molar-refractivity contribution in [2.45, 2.75) is 13.1 Å². The highest BCUT2D eigenvalue weighted by Crippen LogP contribution is 2.13. The smallest absolute Gasteiger partial charge is 0.378 e. The maximum atomic E-state index is 11.8. The molecule has 3 nitrogen and oxygen atoms in total. The van der Waals surface area contributed by atoms with Gasteiger partial charge in [-0.25, -0.2) is 0 Å². The molecule has 0 bridgehead atoms. The van der Waals surface area contributed by atoms with Crippen LogP contribution in [0.5, 0.6) is 0 Å². The predicted molar refractivity (Wildman–Crippen MR) is 46.2 cm³/mol. The number of hydrogen-bond acceptors (Lipinski definition) is 2. The van der Waals surface area contributed by atoms with Gasteiger partial charge >= 0.3 is 6.18 Å². The van der Waals surface area contributed by atoms with E-state index in [1.54, 1.807) is 0 Å². The molecule has 0 heterocycles. The Hall–Kier alpha value is -1.46. The molecule has 0 aromatic carbocycles. The zero-order chi connectivity index (χ0) is 11.2. The maximum absolute atomic E-state index is 11.8. The number of amides is 1. The predicted octanol–water partition coefficient (Wildman–Crippen LogP) is 1.30. The molecule has 0 radical (unpaired) electrons. The maximum Gasteiger partial charge on any atom is 0.405 e. The van der Waals surface area contributed by atoms with Crippen molar-refractivity contribution in [3.05, 3.63) is 24.0 Å². The summed E-state index contributed by atoms with van der Waals surface area (Å²) in [5.74, 6) is 0. The summed E-state index contributed by atoms with van der Waals surface area (Å²) in [5.41, 5.74) is 0.439. The van der Waals surface area contributed by atoms with Crippen LogP contribution in [0.1, 0.15) is 6.92 Å². The van der Waals surface area contributed by atoms with Crippen LogP contribution in [-0.2, 0) is 4.79 Å². The first-order chi connectivity index (χ1) is 6.40. The zero-order valence-electron chi connectivity index (χ0n) is 7.61. The summed E-state index contributed by atoms with van der Waals surface area (Å²) < 4.78 is 35.3. The van der Waals surface area contributed by atoms with Gasteiger partial charge in [-0.3, -0.25) is 4.79 Å². The minimum atomic E-state index is -4.28. The van der Waals surface area contributed by atoms with E-state index in [2.05, 4.69) is 17.2 Å². The van der Waals surface area contributed by atoms with E-state index in [1.165, 1.54) is 13.0 Å². The average molecular weight is 208 g/mol. The average Bonchev–Trinajstić information content (AvgIpc) is 2.09. The molecule has 0 aliphatic heterocycles. The minimum absolute atomic E-state index is 0.212. The molecular weight excluding hydrogens is 197 g/mol. The molecule has 1 amide bonds. The van der Waals surface area contributed by atoms with Crippen molar-refractivity contribution in [2.24, 2.45) is 0 Å². The van der Waals surface area contributed by atoms with Crippen molar-refractivity contribution in [3.8, 4) is 0 Å². The summed E-state index contributed by atoms with van der Waals surface area (Å²) in [5, 5.41) is 4.34. The lowest BCUT2D eigenvalue weighted by atomic mass is 10.3. The largest absolute Gasteiger partial charge is 0.405 e. The van der Waals surface area contributed by atoms with Gasteiger partial charge in [-0.2, -0.15) is 13.2 Å². The molecule has 0 aliphatic carbocycles. The molecule has 0 aliphatic rings. The fourth-order valence-corrected chi connectivity index (χ4v) is 0.712. The van der Waals surface area contributed by atoms with Gasteiger partial charge in [0.2, 0.25) is 6.41 Å². The Balaban J connectivity index is 4.33. The van der Waals surface area contributed by atoms with E-state index in [-0.39, 0.29) is 11.4 Å². The molecule has 0 atom stereocenters. The lowest BCUT2D eigenvalue weighted by Crippen LogP contribution is -2.29. The van der Waals surface area contributed by atoms with Crippen LogP contribution in [0.4, 0.5) is 13.2 Å². The van der Waals surface area contributed by atoms with E-state index < -0.39 is 12.7 Å². The van der Waals surface area contributed by atoms with Gasteiger partial charge in [0.25, 0.3) is 0 Å². The molecule has 14 heavy (non-hydrogen) atoms. The first kappa shape index (κ1) is 12.5. The Kier molecular flexibility index (Phi) is 4.76. The van der Waals surface area contributed by atoms with Crippen molar-refractivity contribution in [2.75, 3.05) is 6.54 Å². The van der Waals surface area contributed by atoms with Gasteiger partial charge in [0.15, 0.2) is 0 Å². The quantitative estimate of drug-likeness (QED) is 0.528. The zero-order valence-corrected chi connectivity index (χ0v) is 7.61. The standard InChI is InChI=1S/C8H11F3N2O/c1-3-7(13-5-14)6(2)12-4-8(9,10)11/h3,5,12H,1,4H2,2H3,(H,13,14)/b7-6-. The molecular formula is C8H11F3N2O. The molecule has 0 unspecified atom stereocenters. The van der Waals surface area contributed by atoms with Crippen molar-refractivity contribution in [1.82, 2.24) is 10.6 Å². The number of halogens is 3. The number of carbonyl (C=O) groups excluding carboxylic acids is 1. The summed E-state index contributed by atoms with van der Waals surface area (Å²) in [7, 11) is 0. The summed E-state index contributed by atoms with van der Waals surface area (Å²) in [6.45, 7) is 3.62. The van der Waals surface area contributed by atoms with Crippen LogP contribution >= 0.6 is 0 Å². The van der Waals surface area contributed by atoms with Crippen LogP contribution in [0, 0.1) is 0 Å². The summed E-state index contributed by atoms with van der Waals surface area (Å²) >= 11 is 0. The third kappa shape index (κ3) is 5.23. The fourth-order valence-electron chi connectivity index (χ4n) is 0.712. The second kappa shape index (κ2) is 5.31. The molecule has 2 N–H and O–H groups in total. The highest BCUT2D eigenvalue weighted by Gasteiger charge is 2.26. The van der Waals surface area contributed by atoms with E-state index in [1.807, 2.05) is 0 Å². The number of nitrogens with one attached hydrogen (secondary N) is 2. The third-order valence-electron chi connectivity index (χ3n) is 1.38. The van der Waals surface area contributed by atoms with Gasteiger partial charge < -0.3 is 10.6 Å². The van der Waals surface area contributed by atoms with Crippen molar-refractivity contribution >= 4 is 6.41 Å². The SMILES string of the molecule is C=C/C(NC=O)=C(\C)NCC(F)(F)F. The van der Waals surface area contributed by atoms with E-state index in [0.717, 1.165) is 0 Å². The van der Waals surface area contributed by atoms with Crippen LogP contribution in [0.25, 0.3) is 0 Å². The van der Waals surface area contributed by atoms with E-state index >= 15 is 0 Å². The van der Waals surface area contributed by atoms with Crippen LogP contribution < -0.4 is 10.6 Å². The van der Waals surface area contributed by atoms with Crippen LogP contribution in [-0.4, -0.2) is 19.1 Å². The van der Waals surface area contributed by atoms with Gasteiger partial charge in [0.05, 0.1) is 5.70 Å². The van der Waals surface area contributed by atoms with Crippen LogP contribution in [0.3, 0.4) is 0 Å². The number of rotatable bonds is 5.